The number of primary amides is 1. The molecule has 0 aliphatic carbocycles. The zero-order valence-electron chi connectivity index (χ0n) is 12.0. The van der Waals surface area contributed by atoms with Gasteiger partial charge in [-0.1, -0.05) is 42.5 Å². The molecule has 2 aromatic carbocycles. The predicted octanol–water partition coefficient (Wildman–Crippen LogP) is 2.01. The van der Waals surface area contributed by atoms with E-state index in [0.29, 0.717) is 16.6 Å². The largest absolute Gasteiger partial charge is 0.443 e. The normalized spacial score (nSPS) is 11.8. The first-order valence-electron chi connectivity index (χ1n) is 6.92. The van der Waals surface area contributed by atoms with Crippen LogP contribution in [0.1, 0.15) is 22.2 Å². The Bertz CT molecular complexity index is 865. The molecule has 0 fully saturated rings. The molecule has 23 heavy (non-hydrogen) atoms. The smallest absolute Gasteiger partial charge is 0.359 e. The molecule has 1 heterocycles. The molecule has 1 amide bonds. The lowest BCUT2D eigenvalue weighted by atomic mass is 10.1. The van der Waals surface area contributed by atoms with Gasteiger partial charge in [-0.25, -0.2) is 9.78 Å². The molecule has 1 aromatic heterocycles. The van der Waals surface area contributed by atoms with Crippen LogP contribution in [0.25, 0.3) is 11.0 Å². The SMILES string of the molecule is NC(=O)C(OC(=O)c1cnc2ccccc2n1)c1ccccc1. The molecule has 0 saturated carbocycles. The maximum Gasteiger partial charge on any atom is 0.359 e. The fourth-order valence-electron chi connectivity index (χ4n) is 2.14. The number of nitrogens with two attached hydrogens (primary N) is 1. The predicted molar refractivity (Wildman–Crippen MR) is 83.3 cm³/mol. The van der Waals surface area contributed by atoms with Gasteiger partial charge >= 0.3 is 5.97 Å². The first kappa shape index (κ1) is 14.6. The molecule has 6 nitrogen and oxygen atoms in total. The van der Waals surface area contributed by atoms with Crippen molar-refractivity contribution < 1.29 is 14.3 Å². The van der Waals surface area contributed by atoms with E-state index < -0.39 is 18.0 Å². The summed E-state index contributed by atoms with van der Waals surface area (Å²) in [5.41, 5.74) is 7.09. The van der Waals surface area contributed by atoms with Gasteiger partial charge in [-0.15, -0.1) is 0 Å². The van der Waals surface area contributed by atoms with E-state index in [0.717, 1.165) is 0 Å². The summed E-state index contributed by atoms with van der Waals surface area (Å²) in [7, 11) is 0. The summed E-state index contributed by atoms with van der Waals surface area (Å²) in [6, 6.07) is 15.7. The molecule has 1 atom stereocenters. The van der Waals surface area contributed by atoms with Crippen LogP contribution in [0.2, 0.25) is 0 Å². The number of carbonyl (C=O) groups is 2. The molecule has 2 N–H and O–H groups in total. The quantitative estimate of drug-likeness (QED) is 0.744. The number of esters is 1. The minimum atomic E-state index is -1.17. The maximum absolute atomic E-state index is 12.2. The number of benzene rings is 2. The molecule has 6 heteroatoms. The van der Waals surface area contributed by atoms with Crippen LogP contribution in [0.4, 0.5) is 0 Å². The van der Waals surface area contributed by atoms with Crippen LogP contribution in [0.15, 0.2) is 60.8 Å². The molecule has 0 aliphatic rings. The summed E-state index contributed by atoms with van der Waals surface area (Å²) in [5, 5.41) is 0. The van der Waals surface area contributed by atoms with Gasteiger partial charge in [-0.2, -0.15) is 0 Å². The van der Waals surface area contributed by atoms with E-state index in [1.54, 1.807) is 48.5 Å². The third kappa shape index (κ3) is 3.16. The second-order valence-corrected chi connectivity index (χ2v) is 4.84. The Hall–Kier alpha value is -3.28. The van der Waals surface area contributed by atoms with Crippen LogP contribution in [0.3, 0.4) is 0 Å². The summed E-state index contributed by atoms with van der Waals surface area (Å²) in [6.45, 7) is 0. The third-order valence-electron chi connectivity index (χ3n) is 3.24. The number of rotatable bonds is 4. The van der Waals surface area contributed by atoms with Crippen molar-refractivity contribution in [1.29, 1.82) is 0 Å². The van der Waals surface area contributed by atoms with Gasteiger partial charge in [0, 0.05) is 5.56 Å². The Morgan fingerprint density at radius 1 is 0.957 bits per heavy atom. The van der Waals surface area contributed by atoms with Crippen molar-refractivity contribution in [2.75, 3.05) is 0 Å². The van der Waals surface area contributed by atoms with Crippen LogP contribution >= 0.6 is 0 Å². The zero-order chi connectivity index (χ0) is 16.2. The number of hydrogen-bond donors (Lipinski definition) is 1. The van der Waals surface area contributed by atoms with E-state index in [9.17, 15) is 9.59 Å². The number of para-hydroxylation sites is 2. The molecule has 0 bridgehead atoms. The molecular weight excluding hydrogens is 294 g/mol. The Balaban J connectivity index is 1.87. The highest BCUT2D eigenvalue weighted by molar-refractivity contribution is 5.92. The van der Waals surface area contributed by atoms with Crippen molar-refractivity contribution in [3.05, 3.63) is 72.1 Å². The second-order valence-electron chi connectivity index (χ2n) is 4.84. The number of ether oxygens (including phenoxy) is 1. The van der Waals surface area contributed by atoms with Crippen molar-refractivity contribution in [1.82, 2.24) is 9.97 Å². The average Bonchev–Trinajstić information content (AvgIpc) is 2.59. The Morgan fingerprint density at radius 3 is 2.30 bits per heavy atom. The summed E-state index contributed by atoms with van der Waals surface area (Å²) in [4.78, 5) is 32.2. The second kappa shape index (κ2) is 6.23. The summed E-state index contributed by atoms with van der Waals surface area (Å²) >= 11 is 0. The van der Waals surface area contributed by atoms with Gasteiger partial charge < -0.3 is 10.5 Å². The molecule has 3 aromatic rings. The Kier molecular flexibility index (Phi) is 3.97. The van der Waals surface area contributed by atoms with Crippen molar-refractivity contribution in [2.24, 2.45) is 5.73 Å². The molecule has 114 valence electrons. The van der Waals surface area contributed by atoms with E-state index in [1.807, 2.05) is 6.07 Å². The van der Waals surface area contributed by atoms with Crippen molar-refractivity contribution in [2.45, 2.75) is 6.10 Å². The highest BCUT2D eigenvalue weighted by Crippen LogP contribution is 2.19. The van der Waals surface area contributed by atoms with E-state index >= 15 is 0 Å². The van der Waals surface area contributed by atoms with Crippen LogP contribution in [-0.2, 0) is 9.53 Å². The molecule has 0 radical (unpaired) electrons. The molecule has 0 aliphatic heterocycles. The highest BCUT2D eigenvalue weighted by atomic mass is 16.5. The van der Waals surface area contributed by atoms with Crippen LogP contribution < -0.4 is 5.73 Å². The monoisotopic (exact) mass is 307 g/mol. The summed E-state index contributed by atoms with van der Waals surface area (Å²) < 4.78 is 5.22. The van der Waals surface area contributed by atoms with Crippen molar-refractivity contribution in [3.8, 4) is 0 Å². The Labute approximate surface area is 131 Å². The summed E-state index contributed by atoms with van der Waals surface area (Å²) in [6.07, 6.45) is 0.144. The number of hydrogen-bond acceptors (Lipinski definition) is 5. The summed E-state index contributed by atoms with van der Waals surface area (Å²) in [5.74, 6) is -1.51. The average molecular weight is 307 g/mol. The Morgan fingerprint density at radius 2 is 1.61 bits per heavy atom. The number of fused-ring (bicyclic) bond motifs is 1. The maximum atomic E-state index is 12.2. The van der Waals surface area contributed by atoms with Gasteiger partial charge in [0.15, 0.2) is 5.69 Å². The van der Waals surface area contributed by atoms with E-state index in [4.69, 9.17) is 10.5 Å². The molecule has 3 rings (SSSR count). The lowest BCUT2D eigenvalue weighted by Crippen LogP contribution is -2.26. The van der Waals surface area contributed by atoms with Gasteiger partial charge in [0.2, 0.25) is 6.10 Å². The number of carbonyl (C=O) groups excluding carboxylic acids is 2. The fraction of sp³-hybridized carbons (Fsp3) is 0.0588. The number of aromatic nitrogens is 2. The van der Waals surface area contributed by atoms with Gasteiger partial charge in [0.25, 0.3) is 5.91 Å². The van der Waals surface area contributed by atoms with Crippen LogP contribution in [0.5, 0.6) is 0 Å². The zero-order valence-corrected chi connectivity index (χ0v) is 12.0. The standard InChI is InChI=1S/C17H13N3O3/c18-16(21)15(11-6-2-1-3-7-11)23-17(22)14-10-19-12-8-4-5-9-13(12)20-14/h1-10,15H,(H2,18,21). The van der Waals surface area contributed by atoms with Crippen molar-refractivity contribution in [3.63, 3.8) is 0 Å². The van der Waals surface area contributed by atoms with Crippen LogP contribution in [-0.4, -0.2) is 21.8 Å². The molecule has 0 spiro atoms. The van der Waals surface area contributed by atoms with Gasteiger partial charge in [0.05, 0.1) is 17.2 Å². The van der Waals surface area contributed by atoms with Crippen molar-refractivity contribution >= 4 is 22.9 Å². The lowest BCUT2D eigenvalue weighted by molar-refractivity contribution is -0.127. The first-order chi connectivity index (χ1) is 11.1. The van der Waals surface area contributed by atoms with E-state index in [-0.39, 0.29) is 5.69 Å². The van der Waals surface area contributed by atoms with E-state index in [1.165, 1.54) is 6.20 Å². The topological polar surface area (TPSA) is 95.2 Å². The lowest BCUT2D eigenvalue weighted by Gasteiger charge is -2.14. The fourth-order valence-corrected chi connectivity index (χ4v) is 2.14. The first-order valence-corrected chi connectivity index (χ1v) is 6.92. The molecule has 1 unspecified atom stereocenters. The van der Waals surface area contributed by atoms with Gasteiger partial charge in [-0.3, -0.25) is 9.78 Å². The minimum Gasteiger partial charge on any atom is -0.443 e. The number of amides is 1. The van der Waals surface area contributed by atoms with E-state index in [2.05, 4.69) is 9.97 Å². The number of nitrogens with zero attached hydrogens (tertiary/aromatic N) is 2. The molecular formula is C17H13N3O3. The minimum absolute atomic E-state index is 0.0193. The third-order valence-corrected chi connectivity index (χ3v) is 3.24. The van der Waals surface area contributed by atoms with Gasteiger partial charge in [0.1, 0.15) is 0 Å². The van der Waals surface area contributed by atoms with Crippen LogP contribution in [0, 0.1) is 0 Å². The highest BCUT2D eigenvalue weighted by Gasteiger charge is 2.24. The van der Waals surface area contributed by atoms with Gasteiger partial charge in [-0.05, 0) is 12.1 Å². The molecule has 0 saturated heterocycles.